The molecule has 196 valence electrons. The van der Waals surface area contributed by atoms with Crippen LogP contribution in [-0.2, 0) is 9.59 Å². The lowest BCUT2D eigenvalue weighted by molar-refractivity contribution is -0.123. The Bertz CT molecular complexity index is 970. The van der Waals surface area contributed by atoms with E-state index in [9.17, 15) is 9.59 Å². The monoisotopic (exact) mass is 842 g/mol. The Kier molecular flexibility index (Phi) is 12.5. The van der Waals surface area contributed by atoms with Crippen LogP contribution in [0.3, 0.4) is 0 Å². The standard InChI is InChI=1S/2C14H17BrINO/c2*1-17(13-9-11(15)7-8-12(13)16)14(18)10-5-3-2-4-6-10/h2*7-10H,2-6H2,1H3. The van der Waals surface area contributed by atoms with E-state index in [2.05, 4.69) is 77.0 Å². The van der Waals surface area contributed by atoms with Gasteiger partial charge in [-0.15, -0.1) is 0 Å². The molecule has 0 heterocycles. The number of rotatable bonds is 4. The van der Waals surface area contributed by atoms with Crippen molar-refractivity contribution in [3.8, 4) is 0 Å². The summed E-state index contributed by atoms with van der Waals surface area (Å²) in [7, 11) is 3.78. The Labute approximate surface area is 259 Å². The third-order valence-electron chi connectivity index (χ3n) is 7.11. The van der Waals surface area contributed by atoms with Gasteiger partial charge in [-0.25, -0.2) is 0 Å². The molecule has 2 aromatic carbocycles. The van der Waals surface area contributed by atoms with Gasteiger partial charge in [-0.1, -0.05) is 70.4 Å². The molecule has 2 saturated carbocycles. The third kappa shape index (κ3) is 8.40. The van der Waals surface area contributed by atoms with Crippen molar-refractivity contribution < 1.29 is 9.59 Å². The molecule has 8 heteroatoms. The molecule has 0 bridgehead atoms. The van der Waals surface area contributed by atoms with E-state index >= 15 is 0 Å². The summed E-state index contributed by atoms with van der Waals surface area (Å²) in [5, 5.41) is 0. The van der Waals surface area contributed by atoms with Gasteiger partial charge >= 0.3 is 0 Å². The van der Waals surface area contributed by atoms with Gasteiger partial charge in [0.05, 0.1) is 11.4 Å². The van der Waals surface area contributed by atoms with Crippen LogP contribution in [0.25, 0.3) is 0 Å². The number of halogens is 4. The molecular formula is C28H34Br2I2N2O2. The van der Waals surface area contributed by atoms with Gasteiger partial charge in [0.2, 0.25) is 11.8 Å². The molecule has 0 aromatic heterocycles. The summed E-state index contributed by atoms with van der Waals surface area (Å²) in [4.78, 5) is 28.6. The Morgan fingerprint density at radius 1 is 0.667 bits per heavy atom. The maximum absolute atomic E-state index is 12.5. The van der Waals surface area contributed by atoms with Gasteiger partial charge in [0, 0.05) is 42.0 Å². The van der Waals surface area contributed by atoms with Gasteiger partial charge in [0.25, 0.3) is 0 Å². The van der Waals surface area contributed by atoms with Gasteiger partial charge in [-0.2, -0.15) is 0 Å². The van der Waals surface area contributed by atoms with Gasteiger partial charge in [-0.05, 0) is 107 Å². The summed E-state index contributed by atoms with van der Waals surface area (Å²) in [6.07, 6.45) is 11.5. The number of carbonyl (C=O) groups excluding carboxylic acids is 2. The summed E-state index contributed by atoms with van der Waals surface area (Å²) in [6.45, 7) is 0. The minimum absolute atomic E-state index is 0.221. The van der Waals surface area contributed by atoms with Crippen LogP contribution < -0.4 is 9.80 Å². The SMILES string of the molecule is CN(C(=O)C1CCCCC1)c1cc(Br)ccc1I.CN(C(=O)C1CCCCC1)c1cc(Br)ccc1I. The van der Waals surface area contributed by atoms with Gasteiger partial charge < -0.3 is 9.80 Å². The maximum Gasteiger partial charge on any atom is 0.229 e. The van der Waals surface area contributed by atoms with Crippen molar-refractivity contribution in [3.05, 3.63) is 52.5 Å². The zero-order valence-corrected chi connectivity index (χ0v) is 28.4. The lowest BCUT2D eigenvalue weighted by Gasteiger charge is -2.27. The van der Waals surface area contributed by atoms with Crippen molar-refractivity contribution in [2.75, 3.05) is 23.9 Å². The molecule has 2 amide bonds. The summed E-state index contributed by atoms with van der Waals surface area (Å²) in [5.41, 5.74) is 2.00. The molecule has 0 N–H and O–H groups in total. The minimum atomic E-state index is 0.221. The van der Waals surface area contributed by atoms with E-state index in [1.807, 2.05) is 60.3 Å². The average Bonchev–Trinajstić information content (AvgIpc) is 2.91. The van der Waals surface area contributed by atoms with E-state index < -0.39 is 0 Å². The first-order valence-corrected chi connectivity index (χ1v) is 16.4. The summed E-state index contributed by atoms with van der Waals surface area (Å²) >= 11 is 11.5. The van der Waals surface area contributed by atoms with Crippen LogP contribution in [0.1, 0.15) is 64.2 Å². The van der Waals surface area contributed by atoms with Crippen LogP contribution in [0.5, 0.6) is 0 Å². The number of carbonyl (C=O) groups is 2. The molecule has 2 aliphatic carbocycles. The van der Waals surface area contributed by atoms with Crippen molar-refractivity contribution in [3.63, 3.8) is 0 Å². The average molecular weight is 844 g/mol. The number of nitrogens with zero attached hydrogens (tertiary/aromatic N) is 2. The van der Waals surface area contributed by atoms with E-state index in [4.69, 9.17) is 0 Å². The third-order valence-corrected chi connectivity index (χ3v) is 9.92. The first-order valence-electron chi connectivity index (χ1n) is 12.6. The molecule has 4 nitrogen and oxygen atoms in total. The second kappa shape index (κ2) is 14.8. The second-order valence-corrected chi connectivity index (χ2v) is 13.8. The van der Waals surface area contributed by atoms with Crippen LogP contribution >= 0.6 is 77.0 Å². The second-order valence-electron chi connectivity index (χ2n) is 9.66. The van der Waals surface area contributed by atoms with Crippen molar-refractivity contribution in [2.45, 2.75) is 64.2 Å². The molecule has 0 spiro atoms. The van der Waals surface area contributed by atoms with E-state index in [1.165, 1.54) is 38.5 Å². The topological polar surface area (TPSA) is 40.6 Å². The lowest BCUT2D eigenvalue weighted by atomic mass is 9.88. The van der Waals surface area contributed by atoms with Crippen LogP contribution in [-0.4, -0.2) is 25.9 Å². The van der Waals surface area contributed by atoms with E-state index in [0.29, 0.717) is 0 Å². The largest absolute Gasteiger partial charge is 0.314 e. The van der Waals surface area contributed by atoms with Gasteiger partial charge in [0.15, 0.2) is 0 Å². The lowest BCUT2D eigenvalue weighted by Crippen LogP contribution is -2.34. The molecule has 0 atom stereocenters. The molecule has 2 aromatic rings. The molecule has 2 aliphatic rings. The first kappa shape index (κ1) is 30.3. The van der Waals surface area contributed by atoms with Crippen molar-refractivity contribution in [1.82, 2.24) is 0 Å². The highest BCUT2D eigenvalue weighted by molar-refractivity contribution is 14.1. The molecule has 4 rings (SSSR count). The van der Waals surface area contributed by atoms with Crippen LogP contribution in [0.4, 0.5) is 11.4 Å². The molecule has 0 saturated heterocycles. The Morgan fingerprint density at radius 3 is 1.33 bits per heavy atom. The highest BCUT2D eigenvalue weighted by Gasteiger charge is 2.26. The van der Waals surface area contributed by atoms with Crippen molar-refractivity contribution in [2.24, 2.45) is 11.8 Å². The molecule has 0 unspecified atom stereocenters. The summed E-state index contributed by atoms with van der Waals surface area (Å²) < 4.78 is 4.26. The maximum atomic E-state index is 12.5. The summed E-state index contributed by atoms with van der Waals surface area (Å²) in [6, 6.07) is 12.1. The Balaban J connectivity index is 0.000000201. The number of anilines is 2. The van der Waals surface area contributed by atoms with Crippen molar-refractivity contribution in [1.29, 1.82) is 0 Å². The fraction of sp³-hybridized carbons (Fsp3) is 0.500. The Hall–Kier alpha value is -0.200. The van der Waals surface area contributed by atoms with Gasteiger partial charge in [-0.3, -0.25) is 9.59 Å². The molecule has 0 radical (unpaired) electrons. The fourth-order valence-electron chi connectivity index (χ4n) is 4.97. The quantitative estimate of drug-likeness (QED) is 0.289. The number of amides is 2. The zero-order chi connectivity index (χ0) is 26.2. The minimum Gasteiger partial charge on any atom is -0.314 e. The molecule has 2 fully saturated rings. The normalized spacial score (nSPS) is 16.6. The highest BCUT2D eigenvalue weighted by atomic mass is 127. The molecule has 36 heavy (non-hydrogen) atoms. The zero-order valence-electron chi connectivity index (χ0n) is 20.9. The van der Waals surface area contributed by atoms with E-state index in [1.54, 1.807) is 0 Å². The predicted molar refractivity (Wildman–Crippen MR) is 174 cm³/mol. The summed E-state index contributed by atoms with van der Waals surface area (Å²) in [5.74, 6) is 0.980. The molecular weight excluding hydrogens is 810 g/mol. The Morgan fingerprint density at radius 2 is 1.00 bits per heavy atom. The van der Waals surface area contributed by atoms with E-state index in [-0.39, 0.29) is 23.7 Å². The highest BCUT2D eigenvalue weighted by Crippen LogP contribution is 2.32. The number of hydrogen-bond acceptors (Lipinski definition) is 2. The van der Waals surface area contributed by atoms with Crippen LogP contribution in [0, 0.1) is 19.0 Å². The smallest absolute Gasteiger partial charge is 0.229 e. The van der Waals surface area contributed by atoms with Crippen molar-refractivity contribution >= 4 is 100 Å². The van der Waals surface area contributed by atoms with E-state index in [0.717, 1.165) is 53.1 Å². The van der Waals surface area contributed by atoms with Crippen LogP contribution in [0.15, 0.2) is 45.3 Å². The number of hydrogen-bond donors (Lipinski definition) is 0. The van der Waals surface area contributed by atoms with Gasteiger partial charge in [0.1, 0.15) is 0 Å². The molecule has 0 aliphatic heterocycles. The van der Waals surface area contributed by atoms with Crippen LogP contribution in [0.2, 0.25) is 0 Å². The number of benzene rings is 2. The first-order chi connectivity index (χ1) is 17.2. The fourth-order valence-corrected chi connectivity index (χ4v) is 7.06. The predicted octanol–water partition coefficient (Wildman–Crippen LogP) is 9.19.